The largest absolute Gasteiger partial charge is 0.353 e. The lowest BCUT2D eigenvalue weighted by molar-refractivity contribution is -0.119. The molecule has 2 saturated carbocycles. The SMILES string of the molecule is Cn1c(SCC(=O)NC2CCCCC2)nnc1C1CCCCC1. The second kappa shape index (κ2) is 8.18. The molecular formula is C17H28N4OS. The van der Waals surface area contributed by atoms with E-state index in [9.17, 15) is 4.79 Å². The van der Waals surface area contributed by atoms with Gasteiger partial charge in [-0.25, -0.2) is 0 Å². The van der Waals surface area contributed by atoms with Crippen molar-refractivity contribution in [3.8, 4) is 0 Å². The molecule has 23 heavy (non-hydrogen) atoms. The minimum absolute atomic E-state index is 0.129. The maximum Gasteiger partial charge on any atom is 0.230 e. The molecule has 1 aromatic heterocycles. The molecule has 6 heteroatoms. The second-order valence-corrected chi connectivity index (χ2v) is 7.87. The first-order valence-corrected chi connectivity index (χ1v) is 10.0. The highest BCUT2D eigenvalue weighted by molar-refractivity contribution is 7.99. The molecule has 0 bridgehead atoms. The topological polar surface area (TPSA) is 59.8 Å². The van der Waals surface area contributed by atoms with Crippen molar-refractivity contribution in [2.45, 2.75) is 81.3 Å². The quantitative estimate of drug-likeness (QED) is 0.837. The third-order valence-corrected chi connectivity index (χ3v) is 6.16. The lowest BCUT2D eigenvalue weighted by Gasteiger charge is -2.22. The highest BCUT2D eigenvalue weighted by Crippen LogP contribution is 2.32. The number of carbonyl (C=O) groups excluding carboxylic acids is 1. The van der Waals surface area contributed by atoms with Gasteiger partial charge in [-0.15, -0.1) is 10.2 Å². The normalized spacial score (nSPS) is 20.6. The number of thioether (sulfide) groups is 1. The number of hydrogen-bond donors (Lipinski definition) is 1. The van der Waals surface area contributed by atoms with E-state index in [2.05, 4.69) is 20.1 Å². The molecule has 128 valence electrons. The minimum atomic E-state index is 0.129. The Morgan fingerprint density at radius 3 is 2.43 bits per heavy atom. The van der Waals surface area contributed by atoms with E-state index in [1.807, 2.05) is 7.05 Å². The molecule has 1 N–H and O–H groups in total. The molecule has 3 rings (SSSR count). The number of hydrogen-bond acceptors (Lipinski definition) is 4. The van der Waals surface area contributed by atoms with Gasteiger partial charge in [0.05, 0.1) is 5.75 Å². The summed E-state index contributed by atoms with van der Waals surface area (Å²) in [6.45, 7) is 0. The number of rotatable bonds is 5. The lowest BCUT2D eigenvalue weighted by atomic mass is 9.89. The summed E-state index contributed by atoms with van der Waals surface area (Å²) in [5.74, 6) is 2.21. The van der Waals surface area contributed by atoms with Gasteiger partial charge in [-0.3, -0.25) is 4.79 Å². The predicted molar refractivity (Wildman–Crippen MR) is 92.6 cm³/mol. The molecule has 2 fully saturated rings. The van der Waals surface area contributed by atoms with Gasteiger partial charge in [-0.2, -0.15) is 0 Å². The molecule has 0 radical (unpaired) electrons. The molecule has 0 aromatic carbocycles. The zero-order chi connectivity index (χ0) is 16.1. The van der Waals surface area contributed by atoms with Crippen molar-refractivity contribution in [3.05, 3.63) is 5.82 Å². The fourth-order valence-electron chi connectivity index (χ4n) is 3.81. The van der Waals surface area contributed by atoms with Crippen molar-refractivity contribution >= 4 is 17.7 Å². The van der Waals surface area contributed by atoms with Crippen LogP contribution in [0.2, 0.25) is 0 Å². The van der Waals surface area contributed by atoms with E-state index in [1.54, 1.807) is 0 Å². The van der Waals surface area contributed by atoms with Crippen molar-refractivity contribution in [2.75, 3.05) is 5.75 Å². The molecule has 0 saturated heterocycles. The number of aromatic nitrogens is 3. The Bertz CT molecular complexity index is 519. The summed E-state index contributed by atoms with van der Waals surface area (Å²) < 4.78 is 2.09. The van der Waals surface area contributed by atoms with Crippen LogP contribution in [0.15, 0.2) is 5.16 Å². The summed E-state index contributed by atoms with van der Waals surface area (Å²) in [4.78, 5) is 12.1. The van der Waals surface area contributed by atoms with Gasteiger partial charge in [-0.1, -0.05) is 50.3 Å². The molecule has 1 heterocycles. The zero-order valence-corrected chi connectivity index (χ0v) is 14.9. The fraction of sp³-hybridized carbons (Fsp3) is 0.824. The molecule has 0 spiro atoms. The van der Waals surface area contributed by atoms with Gasteiger partial charge in [0.1, 0.15) is 5.82 Å². The van der Waals surface area contributed by atoms with Crippen LogP contribution in [0, 0.1) is 0 Å². The van der Waals surface area contributed by atoms with Gasteiger partial charge in [0.25, 0.3) is 0 Å². The Labute approximate surface area is 143 Å². The van der Waals surface area contributed by atoms with Crippen LogP contribution in [0.1, 0.15) is 76.0 Å². The molecule has 0 unspecified atom stereocenters. The Kier molecular flexibility index (Phi) is 5.97. The van der Waals surface area contributed by atoms with Crippen LogP contribution in [0.4, 0.5) is 0 Å². The Morgan fingerprint density at radius 1 is 1.09 bits per heavy atom. The molecule has 1 amide bonds. The summed E-state index contributed by atoms with van der Waals surface area (Å²) >= 11 is 1.51. The van der Waals surface area contributed by atoms with Crippen LogP contribution in [0.3, 0.4) is 0 Å². The van der Waals surface area contributed by atoms with Crippen molar-refractivity contribution in [1.82, 2.24) is 20.1 Å². The van der Waals surface area contributed by atoms with Crippen LogP contribution in [0.25, 0.3) is 0 Å². The molecular weight excluding hydrogens is 308 g/mol. The minimum Gasteiger partial charge on any atom is -0.353 e. The van der Waals surface area contributed by atoms with Crippen LogP contribution >= 0.6 is 11.8 Å². The highest BCUT2D eigenvalue weighted by Gasteiger charge is 2.22. The van der Waals surface area contributed by atoms with E-state index < -0.39 is 0 Å². The van der Waals surface area contributed by atoms with E-state index >= 15 is 0 Å². The molecule has 1 aromatic rings. The fourth-order valence-corrected chi connectivity index (χ4v) is 4.54. The average molecular weight is 337 g/mol. The average Bonchev–Trinajstić information content (AvgIpc) is 2.95. The smallest absolute Gasteiger partial charge is 0.230 e. The monoisotopic (exact) mass is 336 g/mol. The summed E-state index contributed by atoms with van der Waals surface area (Å²) in [6.07, 6.45) is 12.4. The van der Waals surface area contributed by atoms with E-state index in [0.717, 1.165) is 23.8 Å². The maximum absolute atomic E-state index is 12.1. The maximum atomic E-state index is 12.1. The van der Waals surface area contributed by atoms with Gasteiger partial charge in [0.15, 0.2) is 5.16 Å². The van der Waals surface area contributed by atoms with Gasteiger partial charge >= 0.3 is 0 Å². The summed E-state index contributed by atoms with van der Waals surface area (Å²) in [5.41, 5.74) is 0. The molecule has 5 nitrogen and oxygen atoms in total. The summed E-state index contributed by atoms with van der Waals surface area (Å²) in [5, 5.41) is 12.7. The number of nitrogens with zero attached hydrogens (tertiary/aromatic N) is 3. The third-order valence-electron chi connectivity index (χ3n) is 5.14. The van der Waals surface area contributed by atoms with E-state index in [4.69, 9.17) is 0 Å². The van der Waals surface area contributed by atoms with Gasteiger partial charge in [0.2, 0.25) is 5.91 Å². The van der Waals surface area contributed by atoms with Crippen molar-refractivity contribution in [1.29, 1.82) is 0 Å². The van der Waals surface area contributed by atoms with Crippen LogP contribution in [0.5, 0.6) is 0 Å². The summed E-state index contributed by atoms with van der Waals surface area (Å²) in [6, 6.07) is 0.383. The molecule has 2 aliphatic rings. The van der Waals surface area contributed by atoms with Crippen LogP contribution in [-0.4, -0.2) is 32.5 Å². The Hall–Kier alpha value is -1.04. The van der Waals surface area contributed by atoms with Crippen LogP contribution in [-0.2, 0) is 11.8 Å². The second-order valence-electron chi connectivity index (χ2n) is 6.93. The van der Waals surface area contributed by atoms with Gasteiger partial charge in [0, 0.05) is 19.0 Å². The number of amides is 1. The molecule has 0 aliphatic heterocycles. The van der Waals surface area contributed by atoms with E-state index in [1.165, 1.54) is 63.1 Å². The molecule has 0 atom stereocenters. The molecule has 2 aliphatic carbocycles. The first-order chi connectivity index (χ1) is 11.2. The van der Waals surface area contributed by atoms with Crippen LogP contribution < -0.4 is 5.32 Å². The van der Waals surface area contributed by atoms with Crippen molar-refractivity contribution < 1.29 is 4.79 Å². The Morgan fingerprint density at radius 2 is 1.74 bits per heavy atom. The lowest BCUT2D eigenvalue weighted by Crippen LogP contribution is -2.37. The number of nitrogens with one attached hydrogen (secondary N) is 1. The van der Waals surface area contributed by atoms with Gasteiger partial charge < -0.3 is 9.88 Å². The van der Waals surface area contributed by atoms with E-state index in [-0.39, 0.29) is 5.91 Å². The predicted octanol–water partition coefficient (Wildman–Crippen LogP) is 3.40. The van der Waals surface area contributed by atoms with Gasteiger partial charge in [-0.05, 0) is 25.7 Å². The third kappa shape index (κ3) is 4.49. The van der Waals surface area contributed by atoms with Crippen molar-refractivity contribution in [2.24, 2.45) is 7.05 Å². The summed E-state index contributed by atoms with van der Waals surface area (Å²) in [7, 11) is 2.03. The highest BCUT2D eigenvalue weighted by atomic mass is 32.2. The number of carbonyl (C=O) groups is 1. The standard InChI is InChI=1S/C17H28N4OS/c1-21-16(13-8-4-2-5-9-13)19-20-17(21)23-12-15(22)18-14-10-6-3-7-11-14/h13-14H,2-12H2,1H3,(H,18,22). The van der Waals surface area contributed by atoms with Crippen molar-refractivity contribution in [3.63, 3.8) is 0 Å². The zero-order valence-electron chi connectivity index (χ0n) is 14.1. The van der Waals surface area contributed by atoms with E-state index in [0.29, 0.717) is 17.7 Å². The first-order valence-electron chi connectivity index (χ1n) is 9.05. The first kappa shape index (κ1) is 16.8. The Balaban J connectivity index is 1.49.